The average molecular weight is 835 g/mol. The summed E-state index contributed by atoms with van der Waals surface area (Å²) in [6.07, 6.45) is 1.75. The van der Waals surface area contributed by atoms with Crippen molar-refractivity contribution in [3.63, 3.8) is 0 Å². The fourth-order valence-electron chi connectivity index (χ4n) is 9.51. The van der Waals surface area contributed by atoms with Gasteiger partial charge in [0.1, 0.15) is 22.3 Å². The van der Waals surface area contributed by atoms with Crippen molar-refractivity contribution < 1.29 is 8.83 Å². The molecule has 12 aromatic rings. The summed E-state index contributed by atoms with van der Waals surface area (Å²) in [4.78, 5) is 10.9. The molecule has 0 saturated carbocycles. The number of rotatable bonds is 9. The second-order valence-corrected chi connectivity index (χ2v) is 16.9. The number of benzene rings is 9. The van der Waals surface area contributed by atoms with E-state index in [9.17, 15) is 0 Å². The minimum atomic E-state index is 0.661. The number of hydrogen-bond donors (Lipinski definition) is 0. The van der Waals surface area contributed by atoms with Gasteiger partial charge in [0, 0.05) is 38.2 Å². The lowest BCUT2D eigenvalue weighted by molar-refractivity contribution is 0.668. The highest BCUT2D eigenvalue weighted by atomic mass is 16.3. The Morgan fingerprint density at radius 1 is 0.323 bits per heavy atom. The lowest BCUT2D eigenvalue weighted by Crippen LogP contribution is -2.00. The predicted octanol–water partition coefficient (Wildman–Crippen LogP) is 16.4. The van der Waals surface area contributed by atoms with E-state index in [1.165, 1.54) is 27.8 Å². The van der Waals surface area contributed by atoms with E-state index in [-0.39, 0.29) is 0 Å². The van der Waals surface area contributed by atoms with E-state index in [1.54, 1.807) is 0 Å². The van der Waals surface area contributed by atoms with Gasteiger partial charge in [0.2, 0.25) is 0 Å². The molecule has 0 fully saturated rings. The molecule has 9 aromatic carbocycles. The number of hydrogen-bond acceptors (Lipinski definition) is 4. The molecule has 0 aliphatic heterocycles. The number of nitrogens with zero attached hydrogens (tertiary/aromatic N) is 2. The summed E-state index contributed by atoms with van der Waals surface area (Å²) in [6.45, 7) is 2.19. The third-order valence-corrected chi connectivity index (χ3v) is 12.8. The van der Waals surface area contributed by atoms with E-state index in [0.717, 1.165) is 107 Å². The van der Waals surface area contributed by atoms with Crippen molar-refractivity contribution in [3.8, 4) is 67.3 Å². The van der Waals surface area contributed by atoms with Crippen LogP contribution in [0.25, 0.3) is 111 Å². The molecule has 0 radical (unpaired) electrons. The molecule has 308 valence electrons. The van der Waals surface area contributed by atoms with Crippen molar-refractivity contribution in [1.82, 2.24) is 9.97 Å². The molecule has 4 heteroatoms. The van der Waals surface area contributed by atoms with Crippen molar-refractivity contribution in [1.29, 1.82) is 0 Å². The first kappa shape index (κ1) is 38.3. The summed E-state index contributed by atoms with van der Waals surface area (Å²) in [5.41, 5.74) is 19.0. The van der Waals surface area contributed by atoms with Crippen LogP contribution >= 0.6 is 0 Å². The summed E-state index contributed by atoms with van der Waals surface area (Å²) in [6, 6.07) is 75.0. The first-order valence-electron chi connectivity index (χ1n) is 22.3. The van der Waals surface area contributed by atoms with Crippen molar-refractivity contribution in [2.45, 2.75) is 19.8 Å². The molecule has 3 heterocycles. The molecule has 0 unspecified atom stereocenters. The van der Waals surface area contributed by atoms with Crippen molar-refractivity contribution in [2.24, 2.45) is 0 Å². The summed E-state index contributed by atoms with van der Waals surface area (Å²) >= 11 is 0. The van der Waals surface area contributed by atoms with Crippen LogP contribution in [0.4, 0.5) is 0 Å². The first-order chi connectivity index (χ1) is 32.1. The van der Waals surface area contributed by atoms with Crippen LogP contribution in [0.15, 0.2) is 221 Å². The van der Waals surface area contributed by atoms with Crippen LogP contribution in [0.2, 0.25) is 0 Å². The molecule has 0 bridgehead atoms. The van der Waals surface area contributed by atoms with Gasteiger partial charge in [0.25, 0.3) is 0 Å². The maximum absolute atomic E-state index is 6.26. The van der Waals surface area contributed by atoms with Crippen LogP contribution in [-0.4, -0.2) is 9.97 Å². The van der Waals surface area contributed by atoms with Crippen LogP contribution in [0.1, 0.15) is 16.7 Å². The van der Waals surface area contributed by atoms with Gasteiger partial charge >= 0.3 is 0 Å². The van der Waals surface area contributed by atoms with E-state index >= 15 is 0 Å². The fourth-order valence-corrected chi connectivity index (χ4v) is 9.51. The van der Waals surface area contributed by atoms with Gasteiger partial charge in [0.15, 0.2) is 5.82 Å². The topological polar surface area (TPSA) is 52.1 Å². The normalized spacial score (nSPS) is 11.6. The van der Waals surface area contributed by atoms with E-state index < -0.39 is 0 Å². The lowest BCUT2D eigenvalue weighted by atomic mass is 9.91. The number of para-hydroxylation sites is 2. The Balaban J connectivity index is 1.02. The van der Waals surface area contributed by atoms with Gasteiger partial charge < -0.3 is 8.83 Å². The molecule has 0 spiro atoms. The van der Waals surface area contributed by atoms with Gasteiger partial charge in [0.05, 0.1) is 11.4 Å². The van der Waals surface area contributed by atoms with Gasteiger partial charge in [-0.2, -0.15) is 0 Å². The fraction of sp³-hybridized carbons (Fsp3) is 0.0492. The zero-order valence-corrected chi connectivity index (χ0v) is 35.8. The molecule has 0 aliphatic rings. The van der Waals surface area contributed by atoms with Crippen LogP contribution in [0.3, 0.4) is 0 Å². The molecule has 12 rings (SSSR count). The van der Waals surface area contributed by atoms with E-state index in [1.807, 2.05) is 30.3 Å². The van der Waals surface area contributed by atoms with Crippen LogP contribution in [0, 0.1) is 6.92 Å². The molecular weight excluding hydrogens is 793 g/mol. The molecule has 0 N–H and O–H groups in total. The number of aryl methyl sites for hydroxylation is 3. The Labute approximate surface area is 377 Å². The van der Waals surface area contributed by atoms with Crippen LogP contribution in [0.5, 0.6) is 0 Å². The standard InChI is InChI=1S/C61H42N2O2/c1-39-15-5-8-20-48(39)49-21-9-6-16-40(49)27-28-41-17-7-10-22-50(41)56-38-55(42-18-3-2-4-19-42)62-61(63-56)47-34-45(43-29-31-59-53(36-43)51-23-11-13-25-57(51)64-59)33-46(35-47)44-30-32-60-54(37-44)52-24-12-14-26-58(52)65-60/h2-26,29-38H,27-28H2,1H3. The summed E-state index contributed by atoms with van der Waals surface area (Å²) in [7, 11) is 0. The minimum absolute atomic E-state index is 0.661. The Bertz CT molecular complexity index is 3610. The monoisotopic (exact) mass is 834 g/mol. The quantitative estimate of drug-likeness (QED) is 0.145. The van der Waals surface area contributed by atoms with Gasteiger partial charge in [-0.05, 0) is 131 Å². The van der Waals surface area contributed by atoms with Gasteiger partial charge in [-0.3, -0.25) is 0 Å². The van der Waals surface area contributed by atoms with Crippen molar-refractivity contribution in [3.05, 3.63) is 229 Å². The van der Waals surface area contributed by atoms with E-state index in [2.05, 4.69) is 189 Å². The summed E-state index contributed by atoms with van der Waals surface area (Å²) in [5.74, 6) is 0.661. The highest BCUT2D eigenvalue weighted by Gasteiger charge is 2.18. The SMILES string of the molecule is Cc1ccccc1-c1ccccc1CCc1ccccc1-c1cc(-c2ccccc2)nc(-c2cc(-c3ccc4oc5ccccc5c4c3)cc(-c3ccc4oc5ccccc5c4c3)c2)n1. The molecule has 0 atom stereocenters. The Kier molecular flexibility index (Phi) is 9.49. The average Bonchev–Trinajstić information content (AvgIpc) is 3.94. The first-order valence-corrected chi connectivity index (χ1v) is 22.3. The number of fused-ring (bicyclic) bond motifs is 6. The number of aromatic nitrogens is 2. The maximum Gasteiger partial charge on any atom is 0.160 e. The Morgan fingerprint density at radius 2 is 0.800 bits per heavy atom. The van der Waals surface area contributed by atoms with E-state index in [0.29, 0.717) is 5.82 Å². The van der Waals surface area contributed by atoms with Crippen LogP contribution in [-0.2, 0) is 12.8 Å². The van der Waals surface area contributed by atoms with Gasteiger partial charge in [-0.1, -0.05) is 152 Å². The molecule has 0 aliphatic carbocycles. The smallest absolute Gasteiger partial charge is 0.160 e. The molecule has 65 heavy (non-hydrogen) atoms. The third kappa shape index (κ3) is 7.16. The molecule has 4 nitrogen and oxygen atoms in total. The lowest BCUT2D eigenvalue weighted by Gasteiger charge is -2.15. The maximum atomic E-state index is 6.26. The number of furan rings is 2. The summed E-state index contributed by atoms with van der Waals surface area (Å²) < 4.78 is 12.5. The minimum Gasteiger partial charge on any atom is -0.456 e. The van der Waals surface area contributed by atoms with Gasteiger partial charge in [-0.25, -0.2) is 9.97 Å². The highest BCUT2D eigenvalue weighted by molar-refractivity contribution is 6.07. The molecular formula is C61H42N2O2. The van der Waals surface area contributed by atoms with Crippen molar-refractivity contribution >= 4 is 43.9 Å². The molecule has 0 saturated heterocycles. The predicted molar refractivity (Wildman–Crippen MR) is 268 cm³/mol. The van der Waals surface area contributed by atoms with Crippen molar-refractivity contribution in [2.75, 3.05) is 0 Å². The molecule has 3 aromatic heterocycles. The zero-order valence-electron chi connectivity index (χ0n) is 35.8. The van der Waals surface area contributed by atoms with Gasteiger partial charge in [-0.15, -0.1) is 0 Å². The zero-order chi connectivity index (χ0) is 43.3. The third-order valence-electron chi connectivity index (χ3n) is 12.8. The Morgan fingerprint density at radius 3 is 1.43 bits per heavy atom. The second-order valence-electron chi connectivity index (χ2n) is 16.9. The van der Waals surface area contributed by atoms with E-state index in [4.69, 9.17) is 18.8 Å². The van der Waals surface area contributed by atoms with Crippen LogP contribution < -0.4 is 0 Å². The highest BCUT2D eigenvalue weighted by Crippen LogP contribution is 2.39. The summed E-state index contributed by atoms with van der Waals surface area (Å²) in [5, 5.41) is 4.36. The second kappa shape index (κ2) is 16.1. The largest absolute Gasteiger partial charge is 0.456 e. The molecule has 0 amide bonds. The Hall–Kier alpha value is -8.34.